The number of nitriles is 2. The highest BCUT2D eigenvalue weighted by Gasteiger charge is 2.08. The molecule has 2 aromatic carbocycles. The second kappa shape index (κ2) is 6.78. The SMILES string of the molecule is COc1ccc(C#N)cc1COc1ccc(Br)cc1C#N. The number of halogens is 1. The molecule has 0 unspecified atom stereocenters. The normalized spacial score (nSPS) is 9.52. The maximum absolute atomic E-state index is 9.10. The second-order valence-electron chi connectivity index (χ2n) is 4.18. The van der Waals surface area contributed by atoms with Gasteiger partial charge in [0.25, 0.3) is 0 Å². The molecule has 0 heterocycles. The Morgan fingerprint density at radius 3 is 2.48 bits per heavy atom. The lowest BCUT2D eigenvalue weighted by molar-refractivity contribution is 0.296. The Morgan fingerprint density at radius 2 is 1.81 bits per heavy atom. The van der Waals surface area contributed by atoms with E-state index in [-0.39, 0.29) is 6.61 Å². The van der Waals surface area contributed by atoms with E-state index in [9.17, 15) is 0 Å². The molecule has 0 radical (unpaired) electrons. The van der Waals surface area contributed by atoms with E-state index in [1.165, 1.54) is 0 Å². The summed E-state index contributed by atoms with van der Waals surface area (Å²) < 4.78 is 11.7. The van der Waals surface area contributed by atoms with E-state index in [1.807, 2.05) is 0 Å². The highest BCUT2D eigenvalue weighted by molar-refractivity contribution is 9.10. The van der Waals surface area contributed by atoms with Gasteiger partial charge in [-0.05, 0) is 36.4 Å². The van der Waals surface area contributed by atoms with E-state index in [1.54, 1.807) is 43.5 Å². The minimum absolute atomic E-state index is 0.217. The van der Waals surface area contributed by atoms with E-state index in [4.69, 9.17) is 20.0 Å². The first-order valence-corrected chi connectivity index (χ1v) is 6.86. The fourth-order valence-electron chi connectivity index (χ4n) is 1.83. The van der Waals surface area contributed by atoms with Gasteiger partial charge < -0.3 is 9.47 Å². The molecular weight excluding hydrogens is 332 g/mol. The van der Waals surface area contributed by atoms with Crippen LogP contribution in [0.25, 0.3) is 0 Å². The molecule has 0 aromatic heterocycles. The summed E-state index contributed by atoms with van der Waals surface area (Å²) in [6, 6.07) is 14.5. The Labute approximate surface area is 131 Å². The first kappa shape index (κ1) is 14.9. The van der Waals surface area contributed by atoms with E-state index in [2.05, 4.69) is 28.1 Å². The predicted octanol–water partition coefficient (Wildman–Crippen LogP) is 3.78. The molecule has 0 aliphatic carbocycles. The average Bonchev–Trinajstić information content (AvgIpc) is 2.53. The number of hydrogen-bond acceptors (Lipinski definition) is 4. The van der Waals surface area contributed by atoms with Crippen molar-refractivity contribution in [3.8, 4) is 23.6 Å². The summed E-state index contributed by atoms with van der Waals surface area (Å²) in [4.78, 5) is 0. The third-order valence-electron chi connectivity index (χ3n) is 2.85. The van der Waals surface area contributed by atoms with Crippen LogP contribution in [-0.2, 0) is 6.61 Å². The summed E-state index contributed by atoms with van der Waals surface area (Å²) in [6.07, 6.45) is 0. The molecule has 2 rings (SSSR count). The first-order chi connectivity index (χ1) is 10.2. The average molecular weight is 343 g/mol. The minimum Gasteiger partial charge on any atom is -0.496 e. The van der Waals surface area contributed by atoms with E-state index in [0.29, 0.717) is 22.6 Å². The van der Waals surface area contributed by atoms with Crippen LogP contribution in [0.4, 0.5) is 0 Å². The summed E-state index contributed by atoms with van der Waals surface area (Å²) in [6.45, 7) is 0.217. The fourth-order valence-corrected chi connectivity index (χ4v) is 2.19. The van der Waals surface area contributed by atoms with Gasteiger partial charge in [0.05, 0.1) is 24.3 Å². The van der Waals surface area contributed by atoms with Crippen molar-refractivity contribution in [2.75, 3.05) is 7.11 Å². The molecule has 0 saturated carbocycles. The molecule has 0 spiro atoms. The van der Waals surface area contributed by atoms with Gasteiger partial charge in [0.1, 0.15) is 24.2 Å². The Bertz CT molecular complexity index is 745. The predicted molar refractivity (Wildman–Crippen MR) is 80.9 cm³/mol. The van der Waals surface area contributed by atoms with Gasteiger partial charge in [-0.1, -0.05) is 15.9 Å². The zero-order chi connectivity index (χ0) is 15.2. The van der Waals surface area contributed by atoms with Crippen LogP contribution in [-0.4, -0.2) is 7.11 Å². The summed E-state index contributed by atoms with van der Waals surface area (Å²) in [5.41, 5.74) is 1.73. The van der Waals surface area contributed by atoms with Gasteiger partial charge in [-0.3, -0.25) is 0 Å². The highest BCUT2D eigenvalue weighted by Crippen LogP contribution is 2.26. The van der Waals surface area contributed by atoms with Crippen molar-refractivity contribution >= 4 is 15.9 Å². The van der Waals surface area contributed by atoms with Gasteiger partial charge in [-0.15, -0.1) is 0 Å². The van der Waals surface area contributed by atoms with Crippen LogP contribution < -0.4 is 9.47 Å². The largest absolute Gasteiger partial charge is 0.496 e. The molecule has 5 heteroatoms. The number of methoxy groups -OCH3 is 1. The van der Waals surface area contributed by atoms with Crippen molar-refractivity contribution in [3.63, 3.8) is 0 Å². The molecule has 0 amide bonds. The molecule has 0 aliphatic heterocycles. The van der Waals surface area contributed by atoms with Crippen molar-refractivity contribution in [2.45, 2.75) is 6.61 Å². The molecule has 0 atom stereocenters. The number of hydrogen-bond donors (Lipinski definition) is 0. The molecule has 2 aromatic rings. The summed E-state index contributed by atoms with van der Waals surface area (Å²) in [5.74, 6) is 1.13. The van der Waals surface area contributed by atoms with E-state index >= 15 is 0 Å². The molecule has 4 nitrogen and oxygen atoms in total. The molecule has 0 N–H and O–H groups in total. The lowest BCUT2D eigenvalue weighted by Crippen LogP contribution is -2.00. The van der Waals surface area contributed by atoms with Crippen molar-refractivity contribution in [1.82, 2.24) is 0 Å². The zero-order valence-electron chi connectivity index (χ0n) is 11.3. The van der Waals surface area contributed by atoms with Crippen LogP contribution in [0.1, 0.15) is 16.7 Å². The molecule has 0 saturated heterocycles. The standard InChI is InChI=1S/C16H11BrN2O2/c1-20-15-4-2-11(8-18)6-13(15)10-21-16-5-3-14(17)7-12(16)9-19/h2-7H,10H2,1H3. The first-order valence-electron chi connectivity index (χ1n) is 6.07. The summed E-state index contributed by atoms with van der Waals surface area (Å²) >= 11 is 3.31. The Kier molecular flexibility index (Phi) is 4.81. The Hall–Kier alpha value is -2.50. The number of rotatable bonds is 4. The summed E-state index contributed by atoms with van der Waals surface area (Å²) in [5, 5.41) is 18.0. The maximum atomic E-state index is 9.10. The minimum atomic E-state index is 0.217. The van der Waals surface area contributed by atoms with Crippen molar-refractivity contribution in [3.05, 3.63) is 57.6 Å². The quantitative estimate of drug-likeness (QED) is 0.847. The lowest BCUT2D eigenvalue weighted by atomic mass is 10.1. The topological polar surface area (TPSA) is 66.0 Å². The van der Waals surface area contributed by atoms with Crippen LogP contribution in [0.5, 0.6) is 11.5 Å². The van der Waals surface area contributed by atoms with Crippen LogP contribution >= 0.6 is 15.9 Å². The Balaban J connectivity index is 2.24. The van der Waals surface area contributed by atoms with Gasteiger partial charge in [0.15, 0.2) is 0 Å². The molecule has 104 valence electrons. The Morgan fingerprint density at radius 1 is 1.05 bits per heavy atom. The van der Waals surface area contributed by atoms with Gasteiger partial charge in [-0.25, -0.2) is 0 Å². The highest BCUT2D eigenvalue weighted by atomic mass is 79.9. The van der Waals surface area contributed by atoms with Gasteiger partial charge in [-0.2, -0.15) is 10.5 Å². The fraction of sp³-hybridized carbons (Fsp3) is 0.125. The van der Waals surface area contributed by atoms with Crippen molar-refractivity contribution in [2.24, 2.45) is 0 Å². The van der Waals surface area contributed by atoms with Gasteiger partial charge in [0.2, 0.25) is 0 Å². The monoisotopic (exact) mass is 342 g/mol. The van der Waals surface area contributed by atoms with Crippen molar-refractivity contribution in [1.29, 1.82) is 10.5 Å². The third-order valence-corrected chi connectivity index (χ3v) is 3.35. The third kappa shape index (κ3) is 3.53. The van der Waals surface area contributed by atoms with Crippen LogP contribution in [0, 0.1) is 22.7 Å². The number of ether oxygens (including phenoxy) is 2. The zero-order valence-corrected chi connectivity index (χ0v) is 12.8. The molecule has 0 fully saturated rings. The molecule has 21 heavy (non-hydrogen) atoms. The van der Waals surface area contributed by atoms with E-state index in [0.717, 1.165) is 10.0 Å². The van der Waals surface area contributed by atoms with Crippen LogP contribution in [0.2, 0.25) is 0 Å². The van der Waals surface area contributed by atoms with Crippen LogP contribution in [0.15, 0.2) is 40.9 Å². The van der Waals surface area contributed by atoms with Gasteiger partial charge in [0, 0.05) is 10.0 Å². The number of benzene rings is 2. The van der Waals surface area contributed by atoms with Crippen LogP contribution in [0.3, 0.4) is 0 Å². The molecule has 0 aliphatic rings. The summed E-state index contributed by atoms with van der Waals surface area (Å²) in [7, 11) is 1.56. The smallest absolute Gasteiger partial charge is 0.137 e. The van der Waals surface area contributed by atoms with E-state index < -0.39 is 0 Å². The van der Waals surface area contributed by atoms with Crippen molar-refractivity contribution < 1.29 is 9.47 Å². The lowest BCUT2D eigenvalue weighted by Gasteiger charge is -2.11. The molecule has 0 bridgehead atoms. The second-order valence-corrected chi connectivity index (χ2v) is 5.10. The maximum Gasteiger partial charge on any atom is 0.137 e. The molecular formula is C16H11BrN2O2. The number of nitrogens with zero attached hydrogens (tertiary/aromatic N) is 2. The van der Waals surface area contributed by atoms with Gasteiger partial charge >= 0.3 is 0 Å².